The van der Waals surface area contributed by atoms with Gasteiger partial charge < -0.3 is 29.8 Å². The average Bonchev–Trinajstić information content (AvgIpc) is 3.11. The van der Waals surface area contributed by atoms with Crippen molar-refractivity contribution in [2.75, 3.05) is 40.3 Å². The van der Waals surface area contributed by atoms with Crippen LogP contribution in [0, 0.1) is 6.92 Å². The summed E-state index contributed by atoms with van der Waals surface area (Å²) < 4.78 is 11.4. The van der Waals surface area contributed by atoms with E-state index in [1.165, 1.54) is 0 Å². The van der Waals surface area contributed by atoms with Crippen LogP contribution in [0.15, 0.2) is 45.8 Å². The maximum Gasteiger partial charge on any atom is 0.191 e. The van der Waals surface area contributed by atoms with E-state index in [0.717, 1.165) is 30.2 Å². The first kappa shape index (κ1) is 26.3. The van der Waals surface area contributed by atoms with E-state index in [0.29, 0.717) is 24.9 Å². The molecule has 0 fully saturated rings. The van der Waals surface area contributed by atoms with Crippen LogP contribution in [0.25, 0.3) is 0 Å². The number of guanidine groups is 1. The first-order chi connectivity index (χ1) is 13.8. The number of hydrogen-bond acceptors (Lipinski definition) is 5. The Labute approximate surface area is 196 Å². The Hall–Kier alpha value is -1.78. The predicted molar refractivity (Wildman–Crippen MR) is 132 cm³/mol. The van der Waals surface area contributed by atoms with Crippen molar-refractivity contribution in [1.29, 1.82) is 0 Å². The molecule has 1 aromatic carbocycles. The second kappa shape index (κ2) is 12.8. The maximum atomic E-state index is 10.7. The lowest BCUT2D eigenvalue weighted by Gasteiger charge is -2.22. The number of aryl methyl sites for hydroxylation is 1. The van der Waals surface area contributed by atoms with Gasteiger partial charge in [0.05, 0.1) is 13.1 Å². The van der Waals surface area contributed by atoms with E-state index < -0.39 is 5.60 Å². The molecule has 0 saturated heterocycles. The topological polar surface area (TPSA) is 82.3 Å². The van der Waals surface area contributed by atoms with Crippen molar-refractivity contribution in [3.8, 4) is 5.75 Å². The third-order valence-electron chi connectivity index (χ3n) is 4.34. The van der Waals surface area contributed by atoms with Gasteiger partial charge in [-0.1, -0.05) is 12.1 Å². The molecule has 1 heterocycles. The molecule has 0 aliphatic heterocycles. The molecule has 0 radical (unpaired) electrons. The van der Waals surface area contributed by atoms with E-state index in [4.69, 9.17) is 9.15 Å². The van der Waals surface area contributed by atoms with Gasteiger partial charge in [0.1, 0.15) is 29.5 Å². The normalized spacial score (nSPS) is 13.5. The molecule has 0 amide bonds. The second-order valence-corrected chi connectivity index (χ2v) is 7.53. The summed E-state index contributed by atoms with van der Waals surface area (Å²) in [5.74, 6) is 2.78. The standard InChI is InChI=1S/C22H34N4O3.HI/c1-6-23-21(25-16-22(3,27)20-11-10-17(2)29-20)24-15-18-8-7-9-19(14-18)28-13-12-26(4)5;/h7-11,14,27H,6,12-13,15-16H2,1-5H3,(H2,23,24,25);1H. The number of rotatable bonds is 10. The Bertz CT molecular complexity index is 790. The van der Waals surface area contributed by atoms with Crippen LogP contribution in [0.4, 0.5) is 0 Å². The first-order valence-corrected chi connectivity index (χ1v) is 9.98. The van der Waals surface area contributed by atoms with E-state index in [1.807, 2.05) is 58.3 Å². The lowest BCUT2D eigenvalue weighted by atomic mass is 10.0. The van der Waals surface area contributed by atoms with Gasteiger partial charge in [-0.15, -0.1) is 24.0 Å². The average molecular weight is 530 g/mol. The predicted octanol–water partition coefficient (Wildman–Crippen LogP) is 3.11. The highest BCUT2D eigenvalue weighted by Gasteiger charge is 2.27. The number of benzene rings is 1. The molecule has 2 aromatic rings. The molecular formula is C22H35IN4O3. The highest BCUT2D eigenvalue weighted by molar-refractivity contribution is 14.0. The van der Waals surface area contributed by atoms with E-state index in [1.54, 1.807) is 13.0 Å². The lowest BCUT2D eigenvalue weighted by molar-refractivity contribution is 0.0378. The fourth-order valence-electron chi connectivity index (χ4n) is 2.66. The van der Waals surface area contributed by atoms with Crippen molar-refractivity contribution in [2.24, 2.45) is 4.99 Å². The van der Waals surface area contributed by atoms with Gasteiger partial charge in [0.15, 0.2) is 5.96 Å². The van der Waals surface area contributed by atoms with Crippen LogP contribution >= 0.6 is 24.0 Å². The molecule has 1 aromatic heterocycles. The molecular weight excluding hydrogens is 495 g/mol. The van der Waals surface area contributed by atoms with Crippen molar-refractivity contribution in [2.45, 2.75) is 32.9 Å². The van der Waals surface area contributed by atoms with Gasteiger partial charge in [-0.05, 0) is 64.7 Å². The molecule has 7 nitrogen and oxygen atoms in total. The number of furan rings is 1. The first-order valence-electron chi connectivity index (χ1n) is 9.98. The van der Waals surface area contributed by atoms with Crippen LogP contribution in [0.1, 0.15) is 30.9 Å². The van der Waals surface area contributed by atoms with Crippen LogP contribution in [0.3, 0.4) is 0 Å². The minimum absolute atomic E-state index is 0. The zero-order chi connectivity index (χ0) is 21.3. The van der Waals surface area contributed by atoms with Crippen LogP contribution in [-0.2, 0) is 12.1 Å². The molecule has 0 bridgehead atoms. The Kier molecular flexibility index (Phi) is 11.2. The van der Waals surface area contributed by atoms with Gasteiger partial charge >= 0.3 is 0 Å². The van der Waals surface area contributed by atoms with Crippen LogP contribution in [-0.4, -0.2) is 56.3 Å². The van der Waals surface area contributed by atoms with Crippen molar-refractivity contribution in [3.05, 3.63) is 53.5 Å². The third-order valence-corrected chi connectivity index (χ3v) is 4.34. The molecule has 1 atom stereocenters. The molecule has 3 N–H and O–H groups in total. The SMILES string of the molecule is CCNC(=NCc1cccc(OCCN(C)C)c1)NCC(C)(O)c1ccc(C)o1.I. The van der Waals surface area contributed by atoms with E-state index in [2.05, 4.69) is 20.5 Å². The summed E-state index contributed by atoms with van der Waals surface area (Å²) in [4.78, 5) is 6.71. The highest BCUT2D eigenvalue weighted by Crippen LogP contribution is 2.22. The van der Waals surface area contributed by atoms with E-state index in [9.17, 15) is 5.11 Å². The summed E-state index contributed by atoms with van der Waals surface area (Å²) in [6.07, 6.45) is 0. The Morgan fingerprint density at radius 2 is 2.00 bits per heavy atom. The quantitative estimate of drug-likeness (QED) is 0.249. The molecule has 30 heavy (non-hydrogen) atoms. The van der Waals surface area contributed by atoms with Crippen molar-refractivity contribution >= 4 is 29.9 Å². The molecule has 0 saturated carbocycles. The highest BCUT2D eigenvalue weighted by atomic mass is 127. The zero-order valence-electron chi connectivity index (χ0n) is 18.6. The minimum atomic E-state index is -1.13. The summed E-state index contributed by atoms with van der Waals surface area (Å²) in [7, 11) is 4.04. The van der Waals surface area contributed by atoms with Gasteiger partial charge in [0.25, 0.3) is 0 Å². The number of nitrogens with zero attached hydrogens (tertiary/aromatic N) is 2. The maximum absolute atomic E-state index is 10.7. The fraction of sp³-hybridized carbons (Fsp3) is 0.500. The summed E-state index contributed by atoms with van der Waals surface area (Å²) >= 11 is 0. The molecule has 1 unspecified atom stereocenters. The molecule has 2 rings (SSSR count). The van der Waals surface area contributed by atoms with Crippen LogP contribution < -0.4 is 15.4 Å². The van der Waals surface area contributed by atoms with E-state index in [-0.39, 0.29) is 30.5 Å². The van der Waals surface area contributed by atoms with Gasteiger partial charge in [-0.2, -0.15) is 0 Å². The van der Waals surface area contributed by atoms with Gasteiger partial charge in [0, 0.05) is 13.1 Å². The Balaban J connectivity index is 0.00000450. The number of nitrogens with one attached hydrogen (secondary N) is 2. The monoisotopic (exact) mass is 530 g/mol. The number of likely N-dealkylation sites (N-methyl/N-ethyl adjacent to an activating group) is 1. The van der Waals surface area contributed by atoms with Gasteiger partial charge in [-0.25, -0.2) is 4.99 Å². The number of aliphatic hydroxyl groups is 1. The summed E-state index contributed by atoms with van der Waals surface area (Å²) in [5.41, 5.74) is -0.0806. The number of halogens is 1. The van der Waals surface area contributed by atoms with Gasteiger partial charge in [-0.3, -0.25) is 0 Å². The molecule has 0 aliphatic rings. The molecule has 168 valence electrons. The molecule has 0 spiro atoms. The Morgan fingerprint density at radius 3 is 2.63 bits per heavy atom. The molecule has 0 aliphatic carbocycles. The van der Waals surface area contributed by atoms with Crippen molar-refractivity contribution in [3.63, 3.8) is 0 Å². The number of ether oxygens (including phenoxy) is 1. The summed E-state index contributed by atoms with van der Waals surface area (Å²) in [6.45, 7) is 8.60. The molecule has 8 heteroatoms. The zero-order valence-corrected chi connectivity index (χ0v) is 20.9. The number of hydrogen-bond donors (Lipinski definition) is 3. The minimum Gasteiger partial charge on any atom is -0.492 e. The number of aliphatic imine (C=N–C) groups is 1. The van der Waals surface area contributed by atoms with Gasteiger partial charge in [0.2, 0.25) is 0 Å². The van der Waals surface area contributed by atoms with E-state index >= 15 is 0 Å². The fourth-order valence-corrected chi connectivity index (χ4v) is 2.66. The smallest absolute Gasteiger partial charge is 0.191 e. The summed E-state index contributed by atoms with van der Waals surface area (Å²) in [6, 6.07) is 11.6. The van der Waals surface area contributed by atoms with Crippen molar-refractivity contribution in [1.82, 2.24) is 15.5 Å². The van der Waals surface area contributed by atoms with Crippen LogP contribution in [0.2, 0.25) is 0 Å². The van der Waals surface area contributed by atoms with Crippen molar-refractivity contribution < 1.29 is 14.3 Å². The lowest BCUT2D eigenvalue weighted by Crippen LogP contribution is -2.44. The largest absolute Gasteiger partial charge is 0.492 e. The second-order valence-electron chi connectivity index (χ2n) is 7.53. The summed E-state index contributed by atoms with van der Waals surface area (Å²) in [5, 5.41) is 17.1. The Morgan fingerprint density at radius 1 is 1.23 bits per heavy atom. The van der Waals surface area contributed by atoms with Crippen LogP contribution in [0.5, 0.6) is 5.75 Å². The third kappa shape index (κ3) is 8.93.